The van der Waals surface area contributed by atoms with Gasteiger partial charge in [0.05, 0.1) is 12.1 Å². The summed E-state index contributed by atoms with van der Waals surface area (Å²) in [6, 6.07) is 4.97. The summed E-state index contributed by atoms with van der Waals surface area (Å²) in [5.74, 6) is -0.584. The minimum atomic E-state index is -0.346. The van der Waals surface area contributed by atoms with Crippen LogP contribution in [0.3, 0.4) is 0 Å². The van der Waals surface area contributed by atoms with E-state index in [0.29, 0.717) is 16.3 Å². The van der Waals surface area contributed by atoms with Crippen LogP contribution in [0.15, 0.2) is 18.2 Å². The Morgan fingerprint density at radius 1 is 1.25 bits per heavy atom. The van der Waals surface area contributed by atoms with E-state index in [4.69, 9.17) is 11.6 Å². The standard InChI is InChI=1S/C14H20ClN3O2/c1-14(2,3)18-12(19)8-17-13(20)10-7-9(15)5-6-11(10)16-4/h5-7,16H,8H2,1-4H3,(H,17,20)(H,18,19). The molecule has 110 valence electrons. The average Bonchev–Trinajstić information content (AvgIpc) is 2.33. The summed E-state index contributed by atoms with van der Waals surface area (Å²) in [6.45, 7) is 5.56. The lowest BCUT2D eigenvalue weighted by atomic mass is 10.1. The number of hydrogen-bond donors (Lipinski definition) is 3. The molecule has 0 unspecified atom stereocenters. The molecule has 6 heteroatoms. The summed E-state index contributed by atoms with van der Waals surface area (Å²) in [6.07, 6.45) is 0. The van der Waals surface area contributed by atoms with Gasteiger partial charge in [-0.1, -0.05) is 11.6 Å². The van der Waals surface area contributed by atoms with Gasteiger partial charge < -0.3 is 16.0 Å². The van der Waals surface area contributed by atoms with Crippen molar-refractivity contribution in [1.82, 2.24) is 10.6 Å². The number of rotatable bonds is 4. The monoisotopic (exact) mass is 297 g/mol. The molecule has 0 radical (unpaired) electrons. The zero-order chi connectivity index (χ0) is 15.3. The molecule has 0 spiro atoms. The van der Waals surface area contributed by atoms with Crippen molar-refractivity contribution in [2.45, 2.75) is 26.3 Å². The Balaban J connectivity index is 2.68. The predicted molar refractivity (Wildman–Crippen MR) is 81.2 cm³/mol. The fourth-order valence-electron chi connectivity index (χ4n) is 1.64. The van der Waals surface area contributed by atoms with E-state index < -0.39 is 0 Å². The average molecular weight is 298 g/mol. The molecule has 0 aliphatic heterocycles. The molecule has 0 aliphatic carbocycles. The number of halogens is 1. The molecule has 1 rings (SSSR count). The van der Waals surface area contributed by atoms with Gasteiger partial charge in [-0.25, -0.2) is 0 Å². The van der Waals surface area contributed by atoms with E-state index in [9.17, 15) is 9.59 Å². The van der Waals surface area contributed by atoms with Crippen molar-refractivity contribution >= 4 is 29.1 Å². The summed E-state index contributed by atoms with van der Waals surface area (Å²) in [7, 11) is 1.71. The number of amides is 2. The van der Waals surface area contributed by atoms with Gasteiger partial charge in [0, 0.05) is 23.3 Å². The van der Waals surface area contributed by atoms with Crippen LogP contribution in [0.1, 0.15) is 31.1 Å². The Morgan fingerprint density at radius 2 is 1.90 bits per heavy atom. The number of nitrogens with one attached hydrogen (secondary N) is 3. The summed E-state index contributed by atoms with van der Waals surface area (Å²) >= 11 is 5.88. The quantitative estimate of drug-likeness (QED) is 0.796. The third-order valence-corrected chi connectivity index (χ3v) is 2.65. The highest BCUT2D eigenvalue weighted by Gasteiger charge is 2.16. The minimum Gasteiger partial charge on any atom is -0.387 e. The molecular formula is C14H20ClN3O2. The van der Waals surface area contributed by atoms with Gasteiger partial charge in [0.1, 0.15) is 0 Å². The maximum absolute atomic E-state index is 12.1. The Labute approximate surface area is 124 Å². The van der Waals surface area contributed by atoms with Gasteiger partial charge in [0.15, 0.2) is 0 Å². The van der Waals surface area contributed by atoms with Gasteiger partial charge in [0.25, 0.3) is 5.91 Å². The van der Waals surface area contributed by atoms with Crippen molar-refractivity contribution in [3.05, 3.63) is 28.8 Å². The van der Waals surface area contributed by atoms with Crippen LogP contribution in [-0.2, 0) is 4.79 Å². The number of anilines is 1. The van der Waals surface area contributed by atoms with Crippen LogP contribution in [0.25, 0.3) is 0 Å². The molecular weight excluding hydrogens is 278 g/mol. The summed E-state index contributed by atoms with van der Waals surface area (Å²) in [4.78, 5) is 23.7. The van der Waals surface area contributed by atoms with Crippen LogP contribution >= 0.6 is 11.6 Å². The molecule has 0 saturated carbocycles. The van der Waals surface area contributed by atoms with Crippen LogP contribution in [0.5, 0.6) is 0 Å². The number of hydrogen-bond acceptors (Lipinski definition) is 3. The van der Waals surface area contributed by atoms with Gasteiger partial charge in [-0.3, -0.25) is 9.59 Å². The molecule has 5 nitrogen and oxygen atoms in total. The van der Waals surface area contributed by atoms with Crippen molar-refractivity contribution in [2.75, 3.05) is 18.9 Å². The molecule has 1 aromatic carbocycles. The molecule has 0 aliphatic rings. The molecule has 0 fully saturated rings. The van der Waals surface area contributed by atoms with E-state index in [1.54, 1.807) is 25.2 Å². The fraction of sp³-hybridized carbons (Fsp3) is 0.429. The molecule has 2 amide bonds. The Kier molecular flexibility index (Phi) is 5.39. The van der Waals surface area contributed by atoms with Crippen molar-refractivity contribution in [3.8, 4) is 0 Å². The molecule has 3 N–H and O–H groups in total. The lowest BCUT2D eigenvalue weighted by Gasteiger charge is -2.20. The van der Waals surface area contributed by atoms with E-state index >= 15 is 0 Å². The highest BCUT2D eigenvalue weighted by atomic mass is 35.5. The lowest BCUT2D eigenvalue weighted by molar-refractivity contribution is -0.121. The first kappa shape index (κ1) is 16.3. The Hall–Kier alpha value is -1.75. The third kappa shape index (κ3) is 5.09. The summed E-state index contributed by atoms with van der Waals surface area (Å²) in [5, 5.41) is 8.72. The normalized spacial score (nSPS) is 10.8. The number of carbonyl (C=O) groups is 2. The first-order chi connectivity index (χ1) is 9.23. The SMILES string of the molecule is CNc1ccc(Cl)cc1C(=O)NCC(=O)NC(C)(C)C. The van der Waals surface area contributed by atoms with Crippen LogP contribution in [-0.4, -0.2) is 30.9 Å². The topological polar surface area (TPSA) is 70.2 Å². The van der Waals surface area contributed by atoms with E-state index in [1.807, 2.05) is 20.8 Å². The summed E-state index contributed by atoms with van der Waals surface area (Å²) in [5.41, 5.74) is 0.736. The molecule has 0 heterocycles. The first-order valence-corrected chi connectivity index (χ1v) is 6.67. The van der Waals surface area contributed by atoms with Gasteiger partial charge in [-0.2, -0.15) is 0 Å². The number of benzene rings is 1. The fourth-order valence-corrected chi connectivity index (χ4v) is 1.81. The van der Waals surface area contributed by atoms with Crippen molar-refractivity contribution < 1.29 is 9.59 Å². The maximum atomic E-state index is 12.1. The molecule has 1 aromatic rings. The first-order valence-electron chi connectivity index (χ1n) is 6.29. The zero-order valence-corrected chi connectivity index (χ0v) is 12.9. The summed E-state index contributed by atoms with van der Waals surface area (Å²) < 4.78 is 0. The van der Waals surface area contributed by atoms with E-state index in [2.05, 4.69) is 16.0 Å². The van der Waals surface area contributed by atoms with E-state index in [0.717, 1.165) is 0 Å². The molecule has 0 aromatic heterocycles. The second-order valence-corrected chi connectivity index (χ2v) is 5.86. The van der Waals surface area contributed by atoms with Gasteiger partial charge >= 0.3 is 0 Å². The van der Waals surface area contributed by atoms with Crippen LogP contribution in [0, 0.1) is 0 Å². The third-order valence-electron chi connectivity index (χ3n) is 2.42. The smallest absolute Gasteiger partial charge is 0.253 e. The molecule has 0 saturated heterocycles. The largest absolute Gasteiger partial charge is 0.387 e. The Morgan fingerprint density at radius 3 is 2.45 bits per heavy atom. The van der Waals surface area contributed by atoms with Crippen LogP contribution in [0.4, 0.5) is 5.69 Å². The predicted octanol–water partition coefficient (Wildman–Crippen LogP) is 2.03. The second kappa shape index (κ2) is 6.61. The van der Waals surface area contributed by atoms with Crippen LogP contribution in [0.2, 0.25) is 5.02 Å². The molecule has 0 bridgehead atoms. The van der Waals surface area contributed by atoms with Gasteiger partial charge in [0.2, 0.25) is 5.91 Å². The number of carbonyl (C=O) groups excluding carboxylic acids is 2. The Bertz CT molecular complexity index is 510. The lowest BCUT2D eigenvalue weighted by Crippen LogP contribution is -2.45. The van der Waals surface area contributed by atoms with Gasteiger partial charge in [-0.15, -0.1) is 0 Å². The highest BCUT2D eigenvalue weighted by Crippen LogP contribution is 2.20. The van der Waals surface area contributed by atoms with Crippen molar-refractivity contribution in [2.24, 2.45) is 0 Å². The molecule has 0 atom stereocenters. The van der Waals surface area contributed by atoms with Crippen LogP contribution < -0.4 is 16.0 Å². The maximum Gasteiger partial charge on any atom is 0.253 e. The second-order valence-electron chi connectivity index (χ2n) is 5.42. The van der Waals surface area contributed by atoms with Crippen molar-refractivity contribution in [3.63, 3.8) is 0 Å². The van der Waals surface area contributed by atoms with E-state index in [1.165, 1.54) is 0 Å². The molecule has 20 heavy (non-hydrogen) atoms. The van der Waals surface area contributed by atoms with Gasteiger partial charge in [-0.05, 0) is 39.0 Å². The highest BCUT2D eigenvalue weighted by molar-refractivity contribution is 6.31. The minimum absolute atomic E-state index is 0.0776. The van der Waals surface area contributed by atoms with E-state index in [-0.39, 0.29) is 23.9 Å². The zero-order valence-electron chi connectivity index (χ0n) is 12.1. The van der Waals surface area contributed by atoms with Crippen molar-refractivity contribution in [1.29, 1.82) is 0 Å².